The maximum absolute atomic E-state index is 12.9. The zero-order valence-electron chi connectivity index (χ0n) is 16.6. The first-order valence-electron chi connectivity index (χ1n) is 8.75. The maximum Gasteiger partial charge on any atom is 0.307 e. The van der Waals surface area contributed by atoms with E-state index >= 15 is 0 Å². The molecule has 8 nitrogen and oxygen atoms in total. The van der Waals surface area contributed by atoms with E-state index < -0.39 is 21.4 Å². The summed E-state index contributed by atoms with van der Waals surface area (Å²) in [4.78, 5) is 22.9. The molecule has 0 aliphatic carbocycles. The van der Waals surface area contributed by atoms with Crippen LogP contribution in [0.3, 0.4) is 0 Å². The molecule has 156 valence electrons. The molecule has 9 heteroatoms. The number of methoxy groups -OCH3 is 1. The molecule has 2 aromatic rings. The summed E-state index contributed by atoms with van der Waals surface area (Å²) in [5.74, 6) is -1.20. The lowest BCUT2D eigenvalue weighted by Gasteiger charge is -2.18. The SMILES string of the molecule is COc1ccc(CC(=O)O)cc1S(=O)(=O)Nc1cccc(NC(=O)C(C)(C)C)c1. The standard InChI is InChI=1S/C20H24N2O6S/c1-20(2,3)19(25)21-14-6-5-7-15(12-14)22-29(26,27)17-10-13(11-18(23)24)8-9-16(17)28-4/h5-10,12,22H,11H2,1-4H3,(H,21,25)(H,23,24). The van der Waals surface area contributed by atoms with Gasteiger partial charge in [-0.25, -0.2) is 8.42 Å². The third kappa shape index (κ3) is 5.95. The number of hydrogen-bond acceptors (Lipinski definition) is 5. The maximum atomic E-state index is 12.9. The van der Waals surface area contributed by atoms with Crippen LogP contribution < -0.4 is 14.8 Å². The monoisotopic (exact) mass is 420 g/mol. The van der Waals surface area contributed by atoms with Gasteiger partial charge in [0, 0.05) is 11.1 Å². The molecule has 0 spiro atoms. The molecule has 0 radical (unpaired) electrons. The van der Waals surface area contributed by atoms with Gasteiger partial charge in [-0.05, 0) is 35.9 Å². The Labute approximate surface area is 169 Å². The van der Waals surface area contributed by atoms with Crippen molar-refractivity contribution in [1.29, 1.82) is 0 Å². The Bertz CT molecular complexity index is 1030. The first kappa shape index (κ1) is 22.2. The minimum absolute atomic E-state index is 0.0869. The lowest BCUT2D eigenvalue weighted by molar-refractivity contribution is -0.136. The van der Waals surface area contributed by atoms with E-state index in [9.17, 15) is 18.0 Å². The average Bonchev–Trinajstić information content (AvgIpc) is 2.60. The van der Waals surface area contributed by atoms with E-state index in [-0.39, 0.29) is 28.7 Å². The van der Waals surface area contributed by atoms with Crippen LogP contribution in [0.1, 0.15) is 26.3 Å². The fourth-order valence-corrected chi connectivity index (χ4v) is 3.67. The number of carboxylic acid groups (broad SMARTS) is 1. The number of amides is 1. The van der Waals surface area contributed by atoms with Crippen molar-refractivity contribution in [3.05, 3.63) is 48.0 Å². The average molecular weight is 420 g/mol. The van der Waals surface area contributed by atoms with Gasteiger partial charge in [0.15, 0.2) is 0 Å². The highest BCUT2D eigenvalue weighted by atomic mass is 32.2. The van der Waals surface area contributed by atoms with Crippen LogP contribution in [0.25, 0.3) is 0 Å². The Morgan fingerprint density at radius 3 is 2.31 bits per heavy atom. The van der Waals surface area contributed by atoms with E-state index in [1.165, 1.54) is 37.4 Å². The molecule has 0 bridgehead atoms. The van der Waals surface area contributed by atoms with E-state index in [2.05, 4.69) is 10.0 Å². The highest BCUT2D eigenvalue weighted by molar-refractivity contribution is 7.92. The van der Waals surface area contributed by atoms with E-state index in [1.807, 2.05) is 0 Å². The number of rotatable bonds is 7. The summed E-state index contributed by atoms with van der Waals surface area (Å²) < 4.78 is 33.3. The van der Waals surface area contributed by atoms with Crippen molar-refractivity contribution in [3.63, 3.8) is 0 Å². The molecule has 0 saturated carbocycles. The van der Waals surface area contributed by atoms with Gasteiger partial charge in [-0.2, -0.15) is 0 Å². The summed E-state index contributed by atoms with van der Waals surface area (Å²) in [6, 6.07) is 10.5. The lowest BCUT2D eigenvalue weighted by atomic mass is 9.95. The number of benzene rings is 2. The number of ether oxygens (including phenoxy) is 1. The van der Waals surface area contributed by atoms with Crippen LogP contribution in [-0.2, 0) is 26.0 Å². The molecule has 0 aromatic heterocycles. The van der Waals surface area contributed by atoms with Gasteiger partial charge in [0.05, 0.1) is 19.2 Å². The van der Waals surface area contributed by atoms with Crippen molar-refractivity contribution >= 4 is 33.3 Å². The summed E-state index contributed by atoms with van der Waals surface area (Å²) >= 11 is 0. The second kappa shape index (κ2) is 8.52. The molecule has 1 amide bonds. The van der Waals surface area contributed by atoms with Crippen molar-refractivity contribution in [2.75, 3.05) is 17.1 Å². The molecule has 0 heterocycles. The number of sulfonamides is 1. The highest BCUT2D eigenvalue weighted by Gasteiger charge is 2.23. The van der Waals surface area contributed by atoms with Gasteiger partial charge < -0.3 is 15.2 Å². The smallest absolute Gasteiger partial charge is 0.307 e. The molecule has 0 aliphatic heterocycles. The fourth-order valence-electron chi connectivity index (χ4n) is 2.40. The Kier molecular flexibility index (Phi) is 6.53. The van der Waals surface area contributed by atoms with Crippen molar-refractivity contribution in [2.45, 2.75) is 32.1 Å². The third-order valence-corrected chi connectivity index (χ3v) is 5.33. The minimum Gasteiger partial charge on any atom is -0.495 e. The molecule has 0 saturated heterocycles. The molecule has 0 unspecified atom stereocenters. The third-order valence-electron chi connectivity index (χ3n) is 3.93. The molecule has 3 N–H and O–H groups in total. The number of anilines is 2. The number of nitrogens with one attached hydrogen (secondary N) is 2. The molecular weight excluding hydrogens is 396 g/mol. The lowest BCUT2D eigenvalue weighted by Crippen LogP contribution is -2.27. The number of aliphatic carboxylic acids is 1. The normalized spacial score (nSPS) is 11.6. The summed E-state index contributed by atoms with van der Waals surface area (Å²) in [6.45, 7) is 5.31. The number of carboxylic acids is 1. The van der Waals surface area contributed by atoms with Crippen LogP contribution in [0.5, 0.6) is 5.75 Å². The summed E-state index contributed by atoms with van der Waals surface area (Å²) in [7, 11) is -2.74. The van der Waals surface area contributed by atoms with E-state index in [0.717, 1.165) is 0 Å². The first-order chi connectivity index (χ1) is 13.4. The number of carbonyl (C=O) groups is 2. The molecule has 0 aliphatic rings. The van der Waals surface area contributed by atoms with Crippen LogP contribution in [0.4, 0.5) is 11.4 Å². The predicted octanol–water partition coefficient (Wildman–Crippen LogP) is 3.11. The van der Waals surface area contributed by atoms with Crippen molar-refractivity contribution in [3.8, 4) is 5.75 Å². The van der Waals surface area contributed by atoms with Crippen LogP contribution in [0, 0.1) is 5.41 Å². The van der Waals surface area contributed by atoms with E-state index in [0.29, 0.717) is 11.3 Å². The van der Waals surface area contributed by atoms with Crippen LogP contribution in [0.2, 0.25) is 0 Å². The second-order valence-electron chi connectivity index (χ2n) is 7.45. The van der Waals surface area contributed by atoms with Crippen LogP contribution in [0.15, 0.2) is 47.4 Å². The van der Waals surface area contributed by atoms with Crippen molar-refractivity contribution < 1.29 is 27.9 Å². The zero-order valence-corrected chi connectivity index (χ0v) is 17.5. The first-order valence-corrected chi connectivity index (χ1v) is 10.2. The molecule has 29 heavy (non-hydrogen) atoms. The van der Waals surface area contributed by atoms with Gasteiger partial charge in [-0.1, -0.05) is 32.9 Å². The van der Waals surface area contributed by atoms with Crippen molar-refractivity contribution in [2.24, 2.45) is 5.41 Å². The number of hydrogen-bond donors (Lipinski definition) is 3. The molecule has 0 fully saturated rings. The molecular formula is C20H24N2O6S. The van der Waals surface area contributed by atoms with Gasteiger partial charge in [0.1, 0.15) is 10.6 Å². The predicted molar refractivity (Wildman–Crippen MR) is 110 cm³/mol. The largest absolute Gasteiger partial charge is 0.495 e. The Balaban J connectivity index is 2.33. The van der Waals surface area contributed by atoms with Crippen LogP contribution in [-0.4, -0.2) is 32.5 Å². The Morgan fingerprint density at radius 2 is 1.72 bits per heavy atom. The summed E-state index contributed by atoms with van der Waals surface area (Å²) in [6.07, 6.45) is -0.319. The molecule has 2 rings (SSSR count). The Morgan fingerprint density at radius 1 is 1.07 bits per heavy atom. The van der Waals surface area contributed by atoms with Crippen LogP contribution >= 0.6 is 0 Å². The molecule has 0 atom stereocenters. The van der Waals surface area contributed by atoms with Gasteiger partial charge in [0.25, 0.3) is 10.0 Å². The van der Waals surface area contributed by atoms with E-state index in [1.54, 1.807) is 32.9 Å². The van der Waals surface area contributed by atoms with E-state index in [4.69, 9.17) is 9.84 Å². The van der Waals surface area contributed by atoms with Gasteiger partial charge >= 0.3 is 5.97 Å². The zero-order chi connectivity index (χ0) is 21.8. The Hall–Kier alpha value is -3.07. The highest BCUT2D eigenvalue weighted by Crippen LogP contribution is 2.28. The van der Waals surface area contributed by atoms with Crippen molar-refractivity contribution in [1.82, 2.24) is 0 Å². The van der Waals surface area contributed by atoms with Gasteiger partial charge in [-0.3, -0.25) is 14.3 Å². The summed E-state index contributed by atoms with van der Waals surface area (Å²) in [5.41, 5.74) is 0.400. The summed E-state index contributed by atoms with van der Waals surface area (Å²) in [5, 5.41) is 11.7. The quantitative estimate of drug-likeness (QED) is 0.633. The van der Waals surface area contributed by atoms with Gasteiger partial charge in [0.2, 0.25) is 5.91 Å². The van der Waals surface area contributed by atoms with Gasteiger partial charge in [-0.15, -0.1) is 0 Å². The number of carbonyl (C=O) groups excluding carboxylic acids is 1. The fraction of sp³-hybridized carbons (Fsp3) is 0.300. The molecule has 2 aromatic carbocycles. The topological polar surface area (TPSA) is 122 Å². The second-order valence-corrected chi connectivity index (χ2v) is 9.10. The minimum atomic E-state index is -4.07.